The summed E-state index contributed by atoms with van der Waals surface area (Å²) in [7, 11) is 4.82. The molecule has 10 nitrogen and oxygen atoms in total. The number of carbonyl (C=O) groups excluding carboxylic acids is 3. The van der Waals surface area contributed by atoms with E-state index < -0.39 is 71.0 Å². The van der Waals surface area contributed by atoms with Gasteiger partial charge in [0.2, 0.25) is 0 Å². The molecule has 0 aromatic rings. The van der Waals surface area contributed by atoms with Gasteiger partial charge in [-0.05, 0) is 64.2 Å². The van der Waals surface area contributed by atoms with Crippen LogP contribution in [0.2, 0.25) is 0 Å². The van der Waals surface area contributed by atoms with Gasteiger partial charge < -0.3 is 34.1 Å². The van der Waals surface area contributed by atoms with Crippen LogP contribution >= 0.6 is 0 Å². The van der Waals surface area contributed by atoms with Gasteiger partial charge in [0.25, 0.3) is 0 Å². The van der Waals surface area contributed by atoms with E-state index in [1.807, 2.05) is 48.5 Å². The third-order valence-corrected chi connectivity index (χ3v) is 12.5. The molecule has 1 unspecified atom stereocenters. The molecule has 2 N–H and O–H groups in total. The monoisotopic (exact) mass is 653 g/mol. The van der Waals surface area contributed by atoms with E-state index in [-0.39, 0.29) is 29.5 Å². The van der Waals surface area contributed by atoms with Gasteiger partial charge in [-0.3, -0.25) is 9.59 Å². The second-order valence-corrected chi connectivity index (χ2v) is 15.2. The number of carbonyl (C=O) groups is 3. The van der Waals surface area contributed by atoms with Crippen molar-refractivity contribution in [3.8, 4) is 0 Å². The molecular formula is C36H63NO9. The lowest BCUT2D eigenvalue weighted by Gasteiger charge is -2.59. The van der Waals surface area contributed by atoms with E-state index >= 15 is 0 Å². The number of hydrogen-bond donors (Lipinski definition) is 2. The third-order valence-electron chi connectivity index (χ3n) is 12.5. The van der Waals surface area contributed by atoms with E-state index in [1.165, 1.54) is 7.05 Å². The first-order chi connectivity index (χ1) is 21.4. The first-order valence-corrected chi connectivity index (χ1v) is 17.5. The molecule has 0 bridgehead atoms. The Kier molecular flexibility index (Phi) is 12.4. The van der Waals surface area contributed by atoms with Gasteiger partial charge in [0.1, 0.15) is 18.0 Å². The Bertz CT molecular complexity index is 1090. The Morgan fingerprint density at radius 1 is 0.957 bits per heavy atom. The molecule has 0 aromatic carbocycles. The minimum Gasteiger partial charge on any atom is -0.458 e. The van der Waals surface area contributed by atoms with Crippen molar-refractivity contribution in [1.82, 2.24) is 5.32 Å². The lowest BCUT2D eigenvalue weighted by Crippen LogP contribution is -2.63. The Hall–Kier alpha value is -1.75. The molecule has 2 saturated heterocycles. The fraction of sp³-hybridized carbons (Fsp3) is 0.917. The summed E-state index contributed by atoms with van der Waals surface area (Å²) >= 11 is 0. The maximum absolute atomic E-state index is 14.4. The molecule has 0 aromatic heterocycles. The minimum absolute atomic E-state index is 0.0524. The molecule has 10 heteroatoms. The average molecular weight is 654 g/mol. The lowest BCUT2D eigenvalue weighted by atomic mass is 9.51. The predicted octanol–water partition coefficient (Wildman–Crippen LogP) is 5.57. The number of aliphatic hydroxyl groups excluding tert-OH is 1. The van der Waals surface area contributed by atoms with E-state index in [0.717, 1.165) is 6.42 Å². The average Bonchev–Trinajstić information content (AvgIpc) is 3.00. The molecule has 15 atom stereocenters. The summed E-state index contributed by atoms with van der Waals surface area (Å²) in [5.74, 6) is -2.17. The SMILES string of the molecule is CC[C@@H]1[C@@H](C)C(=O)[C@H](C)C[C@]2(OC)C[C@@H](C)[C@@H]2[C@@H](C)C([C@H]2C[C@@](C)(OC)[C@@H](O)[C@H](C)O2)[C@@H](C)C(=O)O[C@H](CC)[C@@]1(C)OC(=O)NC. The molecule has 2 heterocycles. The molecule has 266 valence electrons. The first kappa shape index (κ1) is 38.7. The fourth-order valence-corrected chi connectivity index (χ4v) is 10.0. The van der Waals surface area contributed by atoms with Gasteiger partial charge in [0.05, 0.1) is 29.3 Å². The number of alkyl carbamates (subject to hydrolysis) is 1. The van der Waals surface area contributed by atoms with E-state index in [9.17, 15) is 19.5 Å². The second kappa shape index (κ2) is 14.8. The van der Waals surface area contributed by atoms with Crippen LogP contribution in [-0.4, -0.2) is 85.4 Å². The number of Topliss-reactive ketones (excluding diaryl/α,β-unsaturated/α-hetero) is 1. The maximum Gasteiger partial charge on any atom is 0.407 e. The molecule has 1 saturated carbocycles. The van der Waals surface area contributed by atoms with Crippen LogP contribution in [0.5, 0.6) is 0 Å². The molecule has 46 heavy (non-hydrogen) atoms. The molecule has 2 aliphatic heterocycles. The van der Waals surface area contributed by atoms with Crippen molar-refractivity contribution in [2.75, 3.05) is 21.3 Å². The predicted molar refractivity (Wildman–Crippen MR) is 175 cm³/mol. The largest absolute Gasteiger partial charge is 0.458 e. The van der Waals surface area contributed by atoms with Gasteiger partial charge in [-0.2, -0.15) is 0 Å². The Balaban J connectivity index is 2.22. The highest BCUT2D eigenvalue weighted by Gasteiger charge is 2.60. The topological polar surface area (TPSA) is 130 Å². The summed E-state index contributed by atoms with van der Waals surface area (Å²) in [6, 6.07) is 0. The number of amides is 1. The third kappa shape index (κ3) is 6.88. The van der Waals surface area contributed by atoms with Gasteiger partial charge in [0.15, 0.2) is 5.60 Å². The number of methoxy groups -OCH3 is 2. The molecule has 0 radical (unpaired) electrons. The summed E-state index contributed by atoms with van der Waals surface area (Å²) < 4.78 is 31.3. The van der Waals surface area contributed by atoms with E-state index in [2.05, 4.69) is 19.2 Å². The number of ether oxygens (including phenoxy) is 5. The number of fused-ring (bicyclic) bond motifs is 1. The fourth-order valence-electron chi connectivity index (χ4n) is 10.0. The van der Waals surface area contributed by atoms with Crippen molar-refractivity contribution in [2.24, 2.45) is 47.3 Å². The minimum atomic E-state index is -1.28. The summed E-state index contributed by atoms with van der Waals surface area (Å²) in [4.78, 5) is 41.4. The van der Waals surface area contributed by atoms with Crippen molar-refractivity contribution >= 4 is 17.8 Å². The molecule has 3 fully saturated rings. The molecule has 0 spiro atoms. The second-order valence-electron chi connectivity index (χ2n) is 15.2. The highest BCUT2D eigenvalue weighted by atomic mass is 16.6. The van der Waals surface area contributed by atoms with Gasteiger partial charge >= 0.3 is 12.1 Å². The van der Waals surface area contributed by atoms with Crippen molar-refractivity contribution in [3.63, 3.8) is 0 Å². The van der Waals surface area contributed by atoms with Crippen LogP contribution in [0.1, 0.15) is 101 Å². The van der Waals surface area contributed by atoms with Crippen LogP contribution in [0.15, 0.2) is 0 Å². The van der Waals surface area contributed by atoms with Crippen LogP contribution in [0.4, 0.5) is 4.79 Å². The maximum atomic E-state index is 14.4. The highest BCUT2D eigenvalue weighted by Crippen LogP contribution is 2.57. The normalized spacial score (nSPS) is 47.5. The first-order valence-electron chi connectivity index (χ1n) is 17.5. The molecular weight excluding hydrogens is 590 g/mol. The number of nitrogens with one attached hydrogen (secondary N) is 1. The number of ketones is 1. The Morgan fingerprint density at radius 3 is 2.09 bits per heavy atom. The van der Waals surface area contributed by atoms with E-state index in [1.54, 1.807) is 21.1 Å². The quantitative estimate of drug-likeness (QED) is 0.354. The smallest absolute Gasteiger partial charge is 0.407 e. The van der Waals surface area contributed by atoms with Gasteiger partial charge in [-0.1, -0.05) is 48.5 Å². The van der Waals surface area contributed by atoms with Crippen molar-refractivity contribution in [2.45, 2.75) is 143 Å². The Morgan fingerprint density at radius 2 is 1.59 bits per heavy atom. The molecule has 1 aliphatic carbocycles. The standard InChI is InChI=1S/C36H63NO9/c1-14-25-21(5)30(38)20(4)17-36(43-13)16-19(3)29(36)22(6)28(26-18-34(9,42-12)31(39)24(8)44-26)23(7)32(40)45-27(15-2)35(25,10)46-33(41)37-11/h19-29,31,39H,14-18H2,1-13H3,(H,37,41)/t19-,20-,21-,22+,23-,24+,25-,26-,27-,28?,29-,31+,34-,35+,36-/m1/s1. The van der Waals surface area contributed by atoms with E-state index in [0.29, 0.717) is 31.6 Å². The molecule has 1 amide bonds. The molecule has 3 rings (SSSR count). The summed E-state index contributed by atoms with van der Waals surface area (Å²) in [6.45, 7) is 19.6. The Labute approximate surface area is 277 Å². The van der Waals surface area contributed by atoms with Crippen molar-refractivity contribution < 1.29 is 43.2 Å². The van der Waals surface area contributed by atoms with Crippen LogP contribution in [0.25, 0.3) is 0 Å². The molecule has 3 aliphatic rings. The van der Waals surface area contributed by atoms with Crippen LogP contribution in [0, 0.1) is 47.3 Å². The number of aliphatic hydroxyl groups is 1. The van der Waals surface area contributed by atoms with Crippen LogP contribution in [0.3, 0.4) is 0 Å². The summed E-state index contributed by atoms with van der Waals surface area (Å²) in [6.07, 6.45) is -0.550. The van der Waals surface area contributed by atoms with Gasteiger partial charge in [-0.15, -0.1) is 0 Å². The number of hydrogen-bond acceptors (Lipinski definition) is 9. The van der Waals surface area contributed by atoms with Crippen molar-refractivity contribution in [1.29, 1.82) is 0 Å². The number of cyclic esters (lactones) is 1. The summed E-state index contributed by atoms with van der Waals surface area (Å²) in [5, 5.41) is 13.6. The summed E-state index contributed by atoms with van der Waals surface area (Å²) in [5.41, 5.74) is -2.70. The zero-order valence-electron chi connectivity index (χ0n) is 30.7. The number of rotatable bonds is 6. The van der Waals surface area contributed by atoms with Crippen LogP contribution in [-0.2, 0) is 33.3 Å². The number of esters is 1. The van der Waals surface area contributed by atoms with E-state index in [4.69, 9.17) is 23.7 Å². The van der Waals surface area contributed by atoms with Gasteiger partial charge in [0, 0.05) is 51.4 Å². The zero-order valence-corrected chi connectivity index (χ0v) is 30.7. The van der Waals surface area contributed by atoms with Crippen molar-refractivity contribution in [3.05, 3.63) is 0 Å². The lowest BCUT2D eigenvalue weighted by molar-refractivity contribution is -0.247. The zero-order chi connectivity index (χ0) is 34.9. The highest BCUT2D eigenvalue weighted by molar-refractivity contribution is 5.83. The van der Waals surface area contributed by atoms with Crippen LogP contribution < -0.4 is 5.32 Å². The van der Waals surface area contributed by atoms with Gasteiger partial charge in [-0.25, -0.2) is 4.79 Å².